The van der Waals surface area contributed by atoms with Crippen LogP contribution in [0.15, 0.2) is 0 Å². The summed E-state index contributed by atoms with van der Waals surface area (Å²) >= 11 is 1.50. The summed E-state index contributed by atoms with van der Waals surface area (Å²) in [5.41, 5.74) is 0. The van der Waals surface area contributed by atoms with Gasteiger partial charge in [-0.25, -0.2) is 0 Å². The van der Waals surface area contributed by atoms with Crippen molar-refractivity contribution < 1.29 is 8.21 Å². The van der Waals surface area contributed by atoms with Crippen molar-refractivity contribution in [3.8, 4) is 0 Å². The number of nitrogens with two attached hydrogens (primary N) is 1. The Morgan fingerprint density at radius 1 is 1.75 bits per heavy atom. The van der Waals surface area contributed by atoms with Crippen LogP contribution in [0.1, 0.15) is 0 Å². The van der Waals surface area contributed by atoms with E-state index >= 15 is 0 Å². The van der Waals surface area contributed by atoms with Crippen LogP contribution in [0.3, 0.4) is 0 Å². The Morgan fingerprint density at radius 2 is 2.00 bits per heavy atom. The fraction of sp³-hybridized carbons (Fsp3) is 0. The minimum absolute atomic E-state index is 1.50. The highest BCUT2D eigenvalue weighted by atomic mass is 127. The first-order valence-corrected chi connectivity index (χ1v) is 1.44. The topological polar surface area (TPSA) is 44.5 Å². The Bertz CT molecular complexity index is 8.00. The molecular weight excluding hydrogens is 173 g/mol. The first-order chi connectivity index (χ1) is 1.91. The number of hydrogen-bond acceptors (Lipinski definition) is 3. The van der Waals surface area contributed by atoms with Gasteiger partial charge < -0.3 is 0 Å². The molecule has 0 aromatic heterocycles. The van der Waals surface area contributed by atoms with Crippen LogP contribution in [-0.2, 0) is 8.21 Å². The van der Waals surface area contributed by atoms with Crippen molar-refractivity contribution in [2.45, 2.75) is 0 Å². The lowest BCUT2D eigenvalue weighted by molar-refractivity contribution is -0.170. The monoisotopic (exact) mass is 175 g/mol. The summed E-state index contributed by atoms with van der Waals surface area (Å²) in [5, 5.41) is 0. The van der Waals surface area contributed by atoms with Crippen molar-refractivity contribution in [2.75, 3.05) is 0 Å². The highest BCUT2D eigenvalue weighted by Gasteiger charge is 1.52. The molecule has 0 saturated carbocycles. The van der Waals surface area contributed by atoms with Crippen molar-refractivity contribution in [3.63, 3.8) is 0 Å². The molecule has 0 aliphatic heterocycles. The SMILES string of the molecule is NOOI. The smallest absolute Gasteiger partial charge is 0.157 e. The van der Waals surface area contributed by atoms with Crippen LogP contribution < -0.4 is 5.90 Å². The van der Waals surface area contributed by atoms with E-state index in [0.29, 0.717) is 0 Å². The van der Waals surface area contributed by atoms with Crippen molar-refractivity contribution >= 4 is 23.0 Å². The van der Waals surface area contributed by atoms with Gasteiger partial charge in [0.05, 0.1) is 0 Å². The first-order valence-electron chi connectivity index (χ1n) is 0.557. The van der Waals surface area contributed by atoms with Crippen molar-refractivity contribution in [1.29, 1.82) is 0 Å². The van der Waals surface area contributed by atoms with E-state index in [1.807, 2.05) is 0 Å². The lowest BCUT2D eigenvalue weighted by Gasteiger charge is -1.73. The summed E-state index contributed by atoms with van der Waals surface area (Å²) in [4.78, 5) is 3.53. The zero-order valence-electron chi connectivity index (χ0n) is 1.77. The van der Waals surface area contributed by atoms with E-state index in [1.54, 1.807) is 0 Å². The molecule has 0 saturated heterocycles. The van der Waals surface area contributed by atoms with Crippen LogP contribution in [0.4, 0.5) is 0 Å². The van der Waals surface area contributed by atoms with Gasteiger partial charge in [-0.3, -0.25) is 0 Å². The van der Waals surface area contributed by atoms with Crippen LogP contribution in [-0.4, -0.2) is 0 Å². The average Bonchev–Trinajstić information content (AvgIpc) is 1.37. The lowest BCUT2D eigenvalue weighted by Crippen LogP contribution is -1.89. The maximum Gasteiger partial charge on any atom is 0.157 e. The summed E-state index contributed by atoms with van der Waals surface area (Å²) in [6.07, 6.45) is 0. The molecule has 0 fully saturated rings. The quantitative estimate of drug-likeness (QED) is 0.350. The van der Waals surface area contributed by atoms with Gasteiger partial charge in [-0.05, 0) is 0 Å². The zero-order valence-corrected chi connectivity index (χ0v) is 3.93. The third-order valence-electron chi connectivity index (χ3n) is 0.0364. The summed E-state index contributed by atoms with van der Waals surface area (Å²) in [6.45, 7) is 0. The Hall–Kier alpha value is 0.610. The Kier molecular flexibility index (Phi) is 4.16. The number of halogens is 1. The molecule has 4 heteroatoms. The van der Waals surface area contributed by atoms with Crippen LogP contribution in [0.2, 0.25) is 0 Å². The molecule has 0 bridgehead atoms. The van der Waals surface area contributed by atoms with E-state index in [1.165, 1.54) is 23.0 Å². The Balaban J connectivity index is 1.97. The van der Waals surface area contributed by atoms with Crippen LogP contribution in [0.25, 0.3) is 0 Å². The maximum absolute atomic E-state index is 4.30. The second-order valence-electron chi connectivity index (χ2n) is 0.159. The Labute approximate surface area is 37.6 Å². The van der Waals surface area contributed by atoms with Gasteiger partial charge in [0.1, 0.15) is 0 Å². The van der Waals surface area contributed by atoms with Gasteiger partial charge in [0.2, 0.25) is 0 Å². The number of rotatable bonds is 1. The summed E-state index contributed by atoms with van der Waals surface area (Å²) < 4.78 is 3.79. The molecule has 0 aromatic carbocycles. The highest BCUT2D eigenvalue weighted by Crippen LogP contribution is 1.76. The molecule has 0 unspecified atom stereocenters. The third kappa shape index (κ3) is 2.61. The zero-order chi connectivity index (χ0) is 3.41. The normalized spacial score (nSPS) is 7.50. The average molecular weight is 175 g/mol. The van der Waals surface area contributed by atoms with E-state index in [4.69, 9.17) is 0 Å². The van der Waals surface area contributed by atoms with Crippen molar-refractivity contribution in [2.24, 2.45) is 5.90 Å². The molecule has 26 valence electrons. The van der Waals surface area contributed by atoms with E-state index in [2.05, 4.69) is 14.1 Å². The molecule has 0 rings (SSSR count). The molecule has 2 N–H and O–H groups in total. The molecule has 0 spiro atoms. The predicted octanol–water partition coefficient (Wildman–Crippen LogP) is 0.158. The molecule has 0 heterocycles. The highest BCUT2D eigenvalue weighted by molar-refractivity contribution is 14.1. The molecular formula is H2INO2. The van der Waals surface area contributed by atoms with E-state index in [9.17, 15) is 0 Å². The molecule has 0 aliphatic carbocycles. The summed E-state index contributed by atoms with van der Waals surface area (Å²) in [6, 6.07) is 0. The van der Waals surface area contributed by atoms with Gasteiger partial charge in [-0.15, -0.1) is 8.21 Å². The minimum Gasteiger partial charge on any atom is -0.182 e. The molecule has 0 atom stereocenters. The number of hydrogen-bond donors (Lipinski definition) is 1. The standard InChI is InChI=1S/H2INO2/c1-3-4-2/h2H2. The van der Waals surface area contributed by atoms with Gasteiger partial charge in [0, 0.05) is 0 Å². The largest absolute Gasteiger partial charge is 0.182 e. The molecule has 0 aromatic rings. The molecule has 4 heavy (non-hydrogen) atoms. The predicted molar refractivity (Wildman–Crippen MR) is 20.4 cm³/mol. The molecule has 0 amide bonds. The molecule has 0 radical (unpaired) electrons. The molecule has 0 aliphatic rings. The van der Waals surface area contributed by atoms with Crippen molar-refractivity contribution in [1.82, 2.24) is 0 Å². The van der Waals surface area contributed by atoms with E-state index < -0.39 is 0 Å². The maximum atomic E-state index is 4.30. The van der Waals surface area contributed by atoms with Gasteiger partial charge in [0.15, 0.2) is 23.0 Å². The first kappa shape index (κ1) is 4.61. The van der Waals surface area contributed by atoms with Gasteiger partial charge in [0.25, 0.3) is 0 Å². The van der Waals surface area contributed by atoms with Gasteiger partial charge in [-0.1, -0.05) is 0 Å². The van der Waals surface area contributed by atoms with Crippen molar-refractivity contribution in [3.05, 3.63) is 0 Å². The van der Waals surface area contributed by atoms with Crippen LogP contribution in [0, 0.1) is 0 Å². The van der Waals surface area contributed by atoms with Gasteiger partial charge in [-0.2, -0.15) is 5.90 Å². The van der Waals surface area contributed by atoms with Crippen LogP contribution in [0.5, 0.6) is 0 Å². The Morgan fingerprint density at radius 3 is 2.00 bits per heavy atom. The fourth-order valence-electron chi connectivity index (χ4n) is 0. The van der Waals surface area contributed by atoms with E-state index in [-0.39, 0.29) is 0 Å². The minimum atomic E-state index is 1.50. The summed E-state index contributed by atoms with van der Waals surface area (Å²) in [5.74, 6) is 4.30. The fourth-order valence-corrected chi connectivity index (χ4v) is 0. The van der Waals surface area contributed by atoms with Crippen LogP contribution >= 0.6 is 23.0 Å². The molecule has 3 nitrogen and oxygen atoms in total. The van der Waals surface area contributed by atoms with E-state index in [0.717, 1.165) is 0 Å². The second-order valence-corrected chi connectivity index (χ2v) is 0.519. The lowest BCUT2D eigenvalue weighted by atomic mass is 13.5. The van der Waals surface area contributed by atoms with Gasteiger partial charge >= 0.3 is 0 Å². The summed E-state index contributed by atoms with van der Waals surface area (Å²) in [7, 11) is 0. The third-order valence-corrected chi connectivity index (χ3v) is 0.244. The second kappa shape index (κ2) is 3.61.